The highest BCUT2D eigenvalue weighted by Gasteiger charge is 2.14. The third-order valence-electron chi connectivity index (χ3n) is 3.95. The fourth-order valence-electron chi connectivity index (χ4n) is 2.62. The smallest absolute Gasteiger partial charge is 0.307 e. The summed E-state index contributed by atoms with van der Waals surface area (Å²) in [5.74, 6) is 0.785. The van der Waals surface area contributed by atoms with Crippen LogP contribution in [0, 0.1) is 3.57 Å². The van der Waals surface area contributed by atoms with Crippen LogP contribution in [0.15, 0.2) is 66.9 Å². The molecule has 1 N–H and O–H groups in total. The predicted octanol–water partition coefficient (Wildman–Crippen LogP) is 7.13. The fraction of sp³-hybridized carbons (Fsp3) is 0. The van der Waals surface area contributed by atoms with Crippen LogP contribution in [0.25, 0.3) is 22.3 Å². The summed E-state index contributed by atoms with van der Waals surface area (Å²) in [4.78, 5) is 12.3. The minimum atomic E-state index is -0.458. The van der Waals surface area contributed by atoms with Crippen molar-refractivity contribution in [2.75, 3.05) is 0 Å². The average molecular weight is 604 g/mol. The number of nitrogens with zero attached hydrogens (tertiary/aromatic N) is 1. The predicted molar refractivity (Wildman–Crippen MR) is 126 cm³/mol. The van der Waals surface area contributed by atoms with E-state index in [1.807, 2.05) is 12.1 Å². The molecular formula is C20H10BrCl2IN2O3. The van der Waals surface area contributed by atoms with Crippen LogP contribution in [0.4, 0.5) is 0 Å². The normalized spacial score (nSPS) is 11.4. The van der Waals surface area contributed by atoms with E-state index < -0.39 is 5.91 Å². The summed E-state index contributed by atoms with van der Waals surface area (Å²) in [6.07, 6.45) is 1.40. The lowest BCUT2D eigenvalue weighted by molar-refractivity contribution is 0.0929. The molecule has 0 saturated carbocycles. The lowest BCUT2D eigenvalue weighted by atomic mass is 10.2. The van der Waals surface area contributed by atoms with Gasteiger partial charge in [0.2, 0.25) is 0 Å². The number of benzene rings is 2. The van der Waals surface area contributed by atoms with E-state index in [-0.39, 0.29) is 5.76 Å². The maximum atomic E-state index is 12.3. The topological polar surface area (TPSA) is 67.7 Å². The monoisotopic (exact) mass is 602 g/mol. The Bertz CT molecular complexity index is 1270. The molecule has 1 amide bonds. The van der Waals surface area contributed by atoms with Crippen molar-refractivity contribution in [3.8, 4) is 11.3 Å². The van der Waals surface area contributed by atoms with E-state index in [9.17, 15) is 4.79 Å². The van der Waals surface area contributed by atoms with E-state index in [1.165, 1.54) is 6.21 Å². The van der Waals surface area contributed by atoms with Crippen LogP contribution >= 0.6 is 61.7 Å². The van der Waals surface area contributed by atoms with E-state index in [4.69, 9.17) is 32.0 Å². The van der Waals surface area contributed by atoms with Crippen molar-refractivity contribution < 1.29 is 13.6 Å². The molecule has 0 fully saturated rings. The standard InChI is InChI=1S/C20H10BrCl2IN2O3/c21-12-5-11-7-18(29-19(11)16(24)8-12)20(27)26-25-9-13-2-4-17(28-13)10-1-3-14(22)15(23)6-10/h1-9H,(H,26,27)/b25-9+. The van der Waals surface area contributed by atoms with E-state index >= 15 is 0 Å². The van der Waals surface area contributed by atoms with Gasteiger partial charge in [0.25, 0.3) is 0 Å². The van der Waals surface area contributed by atoms with Crippen molar-refractivity contribution in [1.82, 2.24) is 5.43 Å². The van der Waals surface area contributed by atoms with Gasteiger partial charge in [0.1, 0.15) is 17.1 Å². The first-order chi connectivity index (χ1) is 13.9. The summed E-state index contributed by atoms with van der Waals surface area (Å²) in [6, 6.07) is 14.2. The van der Waals surface area contributed by atoms with Crippen LogP contribution in [0.5, 0.6) is 0 Å². The molecule has 0 bridgehead atoms. The molecule has 4 aromatic rings. The number of nitrogens with one attached hydrogen (secondary N) is 1. The molecule has 0 aliphatic carbocycles. The molecule has 2 aromatic heterocycles. The first kappa shape index (κ1) is 20.5. The number of hydrogen-bond acceptors (Lipinski definition) is 4. The lowest BCUT2D eigenvalue weighted by Gasteiger charge is -1.99. The summed E-state index contributed by atoms with van der Waals surface area (Å²) in [7, 11) is 0. The minimum absolute atomic E-state index is 0.170. The van der Waals surface area contributed by atoms with Gasteiger partial charge in [0.05, 0.1) is 19.8 Å². The Labute approximate surface area is 197 Å². The van der Waals surface area contributed by atoms with E-state index in [0.29, 0.717) is 27.1 Å². The Morgan fingerprint density at radius 3 is 2.69 bits per heavy atom. The molecule has 0 aliphatic heterocycles. The van der Waals surface area contributed by atoms with E-state index in [1.54, 1.807) is 36.4 Å². The number of carbonyl (C=O) groups excluding carboxylic acids is 1. The zero-order valence-electron chi connectivity index (χ0n) is 14.4. The second-order valence-corrected chi connectivity index (χ2v) is 8.84. The van der Waals surface area contributed by atoms with Crippen molar-refractivity contribution in [1.29, 1.82) is 0 Å². The highest BCUT2D eigenvalue weighted by atomic mass is 127. The van der Waals surface area contributed by atoms with Crippen LogP contribution in [-0.2, 0) is 0 Å². The third kappa shape index (κ3) is 4.53. The quantitative estimate of drug-likeness (QED) is 0.153. The van der Waals surface area contributed by atoms with Gasteiger partial charge in [-0.25, -0.2) is 5.43 Å². The number of carbonyl (C=O) groups is 1. The van der Waals surface area contributed by atoms with Gasteiger partial charge in [-0.05, 0) is 71.1 Å². The summed E-state index contributed by atoms with van der Waals surface area (Å²) >= 11 is 17.5. The van der Waals surface area contributed by atoms with Gasteiger partial charge in [-0.2, -0.15) is 5.10 Å². The second-order valence-electron chi connectivity index (χ2n) is 5.95. The molecule has 9 heteroatoms. The summed E-state index contributed by atoms with van der Waals surface area (Å²) in [5.41, 5.74) is 3.87. The summed E-state index contributed by atoms with van der Waals surface area (Å²) in [6.45, 7) is 0. The number of amides is 1. The van der Waals surface area contributed by atoms with Crippen molar-refractivity contribution in [3.63, 3.8) is 0 Å². The molecule has 0 atom stereocenters. The van der Waals surface area contributed by atoms with Crippen molar-refractivity contribution in [2.45, 2.75) is 0 Å². The summed E-state index contributed by atoms with van der Waals surface area (Å²) in [5, 5.41) is 5.67. The SMILES string of the molecule is O=C(N/N=C/c1ccc(-c2ccc(Cl)c(Cl)c2)o1)c1cc2cc(Br)cc(I)c2o1. The van der Waals surface area contributed by atoms with Gasteiger partial charge in [-0.1, -0.05) is 39.1 Å². The molecule has 0 spiro atoms. The van der Waals surface area contributed by atoms with E-state index in [2.05, 4.69) is 49.0 Å². The van der Waals surface area contributed by atoms with Gasteiger partial charge in [0.15, 0.2) is 5.76 Å². The Kier molecular flexibility index (Phi) is 6.00. The molecule has 0 saturated heterocycles. The van der Waals surface area contributed by atoms with Crippen LogP contribution in [0.2, 0.25) is 10.0 Å². The van der Waals surface area contributed by atoms with Crippen LogP contribution in [-0.4, -0.2) is 12.1 Å². The first-order valence-electron chi connectivity index (χ1n) is 8.18. The van der Waals surface area contributed by atoms with Crippen molar-refractivity contribution in [2.24, 2.45) is 5.10 Å². The minimum Gasteiger partial charge on any atom is -0.455 e. The van der Waals surface area contributed by atoms with Gasteiger partial charge in [-0.3, -0.25) is 4.79 Å². The third-order valence-corrected chi connectivity index (χ3v) is 5.95. The number of halogens is 4. The molecule has 4 rings (SSSR count). The van der Waals surface area contributed by atoms with Gasteiger partial charge < -0.3 is 8.83 Å². The largest absolute Gasteiger partial charge is 0.455 e. The van der Waals surface area contributed by atoms with E-state index in [0.717, 1.165) is 19.0 Å². The molecule has 2 aromatic carbocycles. The molecular weight excluding hydrogens is 594 g/mol. The zero-order chi connectivity index (χ0) is 20.5. The highest BCUT2D eigenvalue weighted by molar-refractivity contribution is 14.1. The lowest BCUT2D eigenvalue weighted by Crippen LogP contribution is -2.16. The maximum absolute atomic E-state index is 12.3. The van der Waals surface area contributed by atoms with Crippen LogP contribution in [0.3, 0.4) is 0 Å². The number of furan rings is 2. The average Bonchev–Trinajstić information content (AvgIpc) is 3.31. The Morgan fingerprint density at radius 2 is 1.90 bits per heavy atom. The molecule has 2 heterocycles. The zero-order valence-corrected chi connectivity index (χ0v) is 19.6. The fourth-order valence-corrected chi connectivity index (χ4v) is 4.58. The molecule has 5 nitrogen and oxygen atoms in total. The van der Waals surface area contributed by atoms with Crippen molar-refractivity contribution >= 4 is 84.8 Å². The van der Waals surface area contributed by atoms with Crippen LogP contribution in [0.1, 0.15) is 16.3 Å². The Hall–Kier alpha value is -1.81. The highest BCUT2D eigenvalue weighted by Crippen LogP contribution is 2.30. The van der Waals surface area contributed by atoms with Gasteiger partial charge >= 0.3 is 5.91 Å². The van der Waals surface area contributed by atoms with Crippen molar-refractivity contribution in [3.05, 3.63) is 78.1 Å². The summed E-state index contributed by atoms with van der Waals surface area (Å²) < 4.78 is 13.2. The Balaban J connectivity index is 1.46. The second kappa shape index (κ2) is 8.51. The van der Waals surface area contributed by atoms with Crippen LogP contribution < -0.4 is 5.43 Å². The molecule has 29 heavy (non-hydrogen) atoms. The first-order valence-corrected chi connectivity index (χ1v) is 10.8. The number of hydrazone groups is 1. The van der Waals surface area contributed by atoms with Gasteiger partial charge in [0, 0.05) is 15.4 Å². The maximum Gasteiger partial charge on any atom is 0.307 e. The molecule has 0 unspecified atom stereocenters. The number of hydrogen-bond donors (Lipinski definition) is 1. The molecule has 0 radical (unpaired) electrons. The Morgan fingerprint density at radius 1 is 1.07 bits per heavy atom. The van der Waals surface area contributed by atoms with Gasteiger partial charge in [-0.15, -0.1) is 0 Å². The number of fused-ring (bicyclic) bond motifs is 1. The number of rotatable bonds is 4. The molecule has 0 aliphatic rings. The molecule has 146 valence electrons.